The van der Waals surface area contributed by atoms with Crippen molar-refractivity contribution in [2.75, 3.05) is 29.9 Å². The van der Waals surface area contributed by atoms with E-state index in [9.17, 15) is 4.79 Å². The Labute approximate surface area is 155 Å². The Hall–Kier alpha value is -2.50. The molecule has 1 aliphatic rings. The minimum absolute atomic E-state index is 0.0421. The standard InChI is InChI=1S/C20H29N5O/c1-3-4-5-6-10-22-20(26)24(2)18-8-7-16-9-11-25(19(16)12-18)14-17-13-21-15-23-17/h7-8,12-13,15H,3-6,9-11,14H2,1-2H3,(H,21,23)(H,22,26). The SMILES string of the molecule is CCCCCCNC(=O)N(C)c1ccc2c(c1)N(Cc1cnc[nH]1)CC2. The van der Waals surface area contributed by atoms with Crippen molar-refractivity contribution in [1.82, 2.24) is 15.3 Å². The van der Waals surface area contributed by atoms with Crippen molar-refractivity contribution in [2.45, 2.75) is 45.6 Å². The molecule has 2 aromatic rings. The van der Waals surface area contributed by atoms with Crippen LogP contribution in [0.3, 0.4) is 0 Å². The zero-order valence-electron chi connectivity index (χ0n) is 15.8. The van der Waals surface area contributed by atoms with Crippen LogP contribution in [-0.2, 0) is 13.0 Å². The summed E-state index contributed by atoms with van der Waals surface area (Å²) in [5.41, 5.74) is 4.56. The third-order valence-electron chi connectivity index (χ3n) is 4.98. The van der Waals surface area contributed by atoms with Crippen LogP contribution in [0.2, 0.25) is 0 Å². The molecule has 0 spiro atoms. The molecule has 2 N–H and O–H groups in total. The zero-order chi connectivity index (χ0) is 18.4. The molecule has 3 rings (SSSR count). The van der Waals surface area contributed by atoms with Crippen LogP contribution in [0.25, 0.3) is 0 Å². The number of carbonyl (C=O) groups is 1. The number of amides is 2. The highest BCUT2D eigenvalue weighted by Gasteiger charge is 2.21. The van der Waals surface area contributed by atoms with Gasteiger partial charge in [0, 0.05) is 37.7 Å². The number of unbranched alkanes of at least 4 members (excludes halogenated alkanes) is 3. The van der Waals surface area contributed by atoms with E-state index < -0.39 is 0 Å². The number of fused-ring (bicyclic) bond motifs is 1. The number of benzene rings is 1. The summed E-state index contributed by atoms with van der Waals surface area (Å²) in [6.45, 7) is 4.73. The number of urea groups is 1. The first-order valence-electron chi connectivity index (χ1n) is 9.55. The molecule has 2 amide bonds. The number of carbonyl (C=O) groups excluding carboxylic acids is 1. The Morgan fingerprint density at radius 1 is 1.35 bits per heavy atom. The van der Waals surface area contributed by atoms with Gasteiger partial charge in [0.2, 0.25) is 0 Å². The number of imidazole rings is 1. The number of aromatic amines is 1. The summed E-state index contributed by atoms with van der Waals surface area (Å²) in [4.78, 5) is 23.7. The van der Waals surface area contributed by atoms with Crippen molar-refractivity contribution in [2.24, 2.45) is 0 Å². The maximum Gasteiger partial charge on any atom is 0.321 e. The molecule has 0 saturated carbocycles. The van der Waals surface area contributed by atoms with Crippen LogP contribution in [-0.4, -0.2) is 36.1 Å². The topological polar surface area (TPSA) is 64.3 Å². The molecule has 140 valence electrons. The van der Waals surface area contributed by atoms with E-state index in [1.54, 1.807) is 11.2 Å². The summed E-state index contributed by atoms with van der Waals surface area (Å²) in [6.07, 6.45) is 9.25. The van der Waals surface area contributed by atoms with Gasteiger partial charge in [-0.05, 0) is 30.5 Å². The van der Waals surface area contributed by atoms with Crippen molar-refractivity contribution in [3.05, 3.63) is 42.0 Å². The number of hydrogen-bond donors (Lipinski definition) is 2. The van der Waals surface area contributed by atoms with Crippen molar-refractivity contribution < 1.29 is 4.79 Å². The Balaban J connectivity index is 1.61. The zero-order valence-corrected chi connectivity index (χ0v) is 15.8. The van der Waals surface area contributed by atoms with Gasteiger partial charge in [-0.3, -0.25) is 4.90 Å². The van der Waals surface area contributed by atoms with Crippen LogP contribution in [0.15, 0.2) is 30.7 Å². The van der Waals surface area contributed by atoms with E-state index in [-0.39, 0.29) is 6.03 Å². The monoisotopic (exact) mass is 355 g/mol. The van der Waals surface area contributed by atoms with Gasteiger partial charge in [-0.25, -0.2) is 9.78 Å². The van der Waals surface area contributed by atoms with Crippen LogP contribution in [0.4, 0.5) is 16.2 Å². The first kappa shape index (κ1) is 18.3. The van der Waals surface area contributed by atoms with Crippen LogP contribution >= 0.6 is 0 Å². The van der Waals surface area contributed by atoms with E-state index in [0.717, 1.165) is 43.9 Å². The molecule has 0 fully saturated rings. The van der Waals surface area contributed by atoms with Gasteiger partial charge in [0.1, 0.15) is 0 Å². The van der Waals surface area contributed by atoms with Gasteiger partial charge >= 0.3 is 6.03 Å². The Kier molecular flexibility index (Phi) is 6.15. The molecule has 0 bridgehead atoms. The highest BCUT2D eigenvalue weighted by molar-refractivity contribution is 5.92. The number of aromatic nitrogens is 2. The molecule has 2 heterocycles. The lowest BCUT2D eigenvalue weighted by molar-refractivity contribution is 0.247. The van der Waals surface area contributed by atoms with Crippen molar-refractivity contribution in [3.8, 4) is 0 Å². The molecule has 26 heavy (non-hydrogen) atoms. The van der Waals surface area contributed by atoms with Crippen molar-refractivity contribution in [3.63, 3.8) is 0 Å². The van der Waals surface area contributed by atoms with E-state index >= 15 is 0 Å². The normalized spacial score (nSPS) is 12.9. The molecule has 0 radical (unpaired) electrons. The van der Waals surface area contributed by atoms with E-state index in [1.807, 2.05) is 19.3 Å². The van der Waals surface area contributed by atoms with Crippen LogP contribution in [0.5, 0.6) is 0 Å². The fourth-order valence-electron chi connectivity index (χ4n) is 3.37. The fraction of sp³-hybridized carbons (Fsp3) is 0.500. The summed E-state index contributed by atoms with van der Waals surface area (Å²) >= 11 is 0. The number of rotatable bonds is 8. The maximum absolute atomic E-state index is 12.4. The summed E-state index contributed by atoms with van der Waals surface area (Å²) < 4.78 is 0. The third-order valence-corrected chi connectivity index (χ3v) is 4.98. The first-order valence-corrected chi connectivity index (χ1v) is 9.55. The Morgan fingerprint density at radius 3 is 3.00 bits per heavy atom. The van der Waals surface area contributed by atoms with Gasteiger partial charge in [-0.15, -0.1) is 0 Å². The van der Waals surface area contributed by atoms with E-state index in [4.69, 9.17) is 0 Å². The molecule has 1 aromatic carbocycles. The van der Waals surface area contributed by atoms with Gasteiger partial charge in [-0.2, -0.15) is 0 Å². The second kappa shape index (κ2) is 8.74. The number of anilines is 2. The minimum atomic E-state index is -0.0421. The lowest BCUT2D eigenvalue weighted by Crippen LogP contribution is -2.37. The Bertz CT molecular complexity index is 713. The van der Waals surface area contributed by atoms with Gasteiger partial charge in [0.25, 0.3) is 0 Å². The first-order chi connectivity index (χ1) is 12.7. The third kappa shape index (κ3) is 4.36. The highest BCUT2D eigenvalue weighted by Crippen LogP contribution is 2.32. The van der Waals surface area contributed by atoms with Crippen LogP contribution in [0.1, 0.15) is 43.9 Å². The predicted molar refractivity (Wildman–Crippen MR) is 106 cm³/mol. The predicted octanol–water partition coefficient (Wildman–Crippen LogP) is 3.70. The van der Waals surface area contributed by atoms with E-state index in [2.05, 4.69) is 39.2 Å². The molecule has 6 heteroatoms. The molecular weight excluding hydrogens is 326 g/mol. The minimum Gasteiger partial charge on any atom is -0.365 e. The van der Waals surface area contributed by atoms with Gasteiger partial charge in [0.15, 0.2) is 0 Å². The number of nitrogens with one attached hydrogen (secondary N) is 2. The summed E-state index contributed by atoms with van der Waals surface area (Å²) in [6, 6.07) is 6.26. The van der Waals surface area contributed by atoms with Crippen molar-refractivity contribution >= 4 is 17.4 Å². The highest BCUT2D eigenvalue weighted by atomic mass is 16.2. The van der Waals surface area contributed by atoms with Gasteiger partial charge in [0.05, 0.1) is 18.6 Å². The molecule has 1 aliphatic heterocycles. The quantitative estimate of drug-likeness (QED) is 0.710. The molecule has 0 saturated heterocycles. The Morgan fingerprint density at radius 2 is 2.23 bits per heavy atom. The van der Waals surface area contributed by atoms with Gasteiger partial charge in [-0.1, -0.05) is 32.3 Å². The van der Waals surface area contributed by atoms with E-state index in [1.165, 1.54) is 30.5 Å². The molecule has 6 nitrogen and oxygen atoms in total. The maximum atomic E-state index is 12.4. The summed E-state index contributed by atoms with van der Waals surface area (Å²) in [7, 11) is 1.83. The average molecular weight is 355 g/mol. The van der Waals surface area contributed by atoms with Crippen LogP contribution < -0.4 is 15.1 Å². The average Bonchev–Trinajstić information content (AvgIpc) is 3.31. The molecule has 0 unspecified atom stereocenters. The van der Waals surface area contributed by atoms with Crippen molar-refractivity contribution in [1.29, 1.82) is 0 Å². The lowest BCUT2D eigenvalue weighted by atomic mass is 10.1. The second-order valence-corrected chi connectivity index (χ2v) is 6.91. The second-order valence-electron chi connectivity index (χ2n) is 6.91. The molecule has 0 aliphatic carbocycles. The fourth-order valence-corrected chi connectivity index (χ4v) is 3.37. The number of hydrogen-bond acceptors (Lipinski definition) is 3. The smallest absolute Gasteiger partial charge is 0.321 e. The molecule has 1 aromatic heterocycles. The lowest BCUT2D eigenvalue weighted by Gasteiger charge is -2.22. The summed E-state index contributed by atoms with van der Waals surface area (Å²) in [5, 5.41) is 3.02. The number of nitrogens with zero attached hydrogens (tertiary/aromatic N) is 3. The van der Waals surface area contributed by atoms with E-state index in [0.29, 0.717) is 0 Å². The van der Waals surface area contributed by atoms with Gasteiger partial charge < -0.3 is 15.2 Å². The number of H-pyrrole nitrogens is 1. The van der Waals surface area contributed by atoms with Crippen LogP contribution in [0, 0.1) is 0 Å². The molecular formula is C20H29N5O. The largest absolute Gasteiger partial charge is 0.365 e. The summed E-state index contributed by atoms with van der Waals surface area (Å²) in [5.74, 6) is 0. The molecule has 0 atom stereocenters.